The van der Waals surface area contributed by atoms with Gasteiger partial charge in [-0.1, -0.05) is 18.2 Å². The molecule has 5 rings (SSSR count). The molecule has 0 N–H and O–H groups in total. The third-order valence-corrected chi connectivity index (χ3v) is 7.21. The van der Waals surface area contributed by atoms with E-state index in [1.54, 1.807) is 0 Å². The molecule has 28 heavy (non-hydrogen) atoms. The maximum absolute atomic E-state index is 13.0. The Kier molecular flexibility index (Phi) is 4.63. The number of carbonyl (C=O) groups is 1. The van der Waals surface area contributed by atoms with Gasteiger partial charge >= 0.3 is 0 Å². The molecule has 0 unspecified atom stereocenters. The fourth-order valence-electron chi connectivity index (χ4n) is 3.81. The second kappa shape index (κ2) is 7.28. The van der Waals surface area contributed by atoms with Crippen LogP contribution in [0.5, 0.6) is 0 Å². The van der Waals surface area contributed by atoms with Crippen LogP contribution in [0.15, 0.2) is 51.8 Å². The van der Waals surface area contributed by atoms with Crippen LogP contribution in [0.4, 0.5) is 0 Å². The Bertz CT molecular complexity index is 1020. The summed E-state index contributed by atoms with van der Waals surface area (Å²) in [6.45, 7) is 3.78. The number of thioether (sulfide) groups is 1. The molecule has 1 aliphatic carbocycles. The molecule has 1 saturated heterocycles. The van der Waals surface area contributed by atoms with Crippen LogP contribution in [0.2, 0.25) is 0 Å². The third kappa shape index (κ3) is 3.55. The number of hydrogen-bond acceptors (Lipinski definition) is 4. The number of piperidine rings is 1. The number of hydrogen-bond donors (Lipinski definition) is 0. The Balaban J connectivity index is 1.24. The van der Waals surface area contributed by atoms with Gasteiger partial charge in [-0.15, -0.1) is 11.8 Å². The van der Waals surface area contributed by atoms with Crippen LogP contribution in [-0.2, 0) is 0 Å². The smallest absolute Gasteiger partial charge is 0.253 e. The summed E-state index contributed by atoms with van der Waals surface area (Å²) in [5.74, 6) is 1.41. The van der Waals surface area contributed by atoms with Crippen molar-refractivity contribution in [2.24, 2.45) is 0 Å². The van der Waals surface area contributed by atoms with Gasteiger partial charge in [-0.05, 0) is 62.4 Å². The van der Waals surface area contributed by atoms with E-state index in [1.165, 1.54) is 10.5 Å². The molecule has 1 aromatic heterocycles. The Morgan fingerprint density at radius 1 is 1.11 bits per heavy atom. The molecule has 2 fully saturated rings. The lowest BCUT2D eigenvalue weighted by Crippen LogP contribution is -2.39. The zero-order valence-corrected chi connectivity index (χ0v) is 16.9. The van der Waals surface area contributed by atoms with Crippen LogP contribution in [-0.4, -0.2) is 34.1 Å². The molecule has 2 heterocycles. The number of benzene rings is 2. The molecular formula is C23H24N2O2S. The molecule has 1 saturated carbocycles. The van der Waals surface area contributed by atoms with Gasteiger partial charge < -0.3 is 9.32 Å². The topological polar surface area (TPSA) is 46.3 Å². The molecule has 0 bridgehead atoms. The molecule has 0 spiro atoms. The maximum atomic E-state index is 13.0. The van der Waals surface area contributed by atoms with Crippen molar-refractivity contribution in [1.29, 1.82) is 0 Å². The number of fused-ring (bicyclic) bond motifs is 1. The highest BCUT2D eigenvalue weighted by Gasteiger charge is 2.29. The van der Waals surface area contributed by atoms with Crippen LogP contribution in [0.3, 0.4) is 0 Å². The number of nitrogens with zero attached hydrogens (tertiary/aromatic N) is 2. The van der Waals surface area contributed by atoms with Gasteiger partial charge in [0.25, 0.3) is 5.91 Å². The number of rotatable bonds is 4. The first-order valence-electron chi connectivity index (χ1n) is 10.1. The maximum Gasteiger partial charge on any atom is 0.253 e. The largest absolute Gasteiger partial charge is 0.440 e. The van der Waals surface area contributed by atoms with Crippen molar-refractivity contribution in [2.75, 3.05) is 13.1 Å². The second-order valence-corrected chi connectivity index (χ2v) is 9.23. The van der Waals surface area contributed by atoms with Gasteiger partial charge in [0.1, 0.15) is 5.52 Å². The van der Waals surface area contributed by atoms with Gasteiger partial charge in [-0.2, -0.15) is 0 Å². The molecule has 2 aromatic carbocycles. The third-order valence-electron chi connectivity index (χ3n) is 5.69. The number of carbonyl (C=O) groups excluding carboxylic acids is 1. The van der Waals surface area contributed by atoms with Crippen molar-refractivity contribution in [3.8, 4) is 0 Å². The van der Waals surface area contributed by atoms with Crippen LogP contribution >= 0.6 is 11.8 Å². The first-order chi connectivity index (χ1) is 13.7. The molecule has 3 aromatic rings. The van der Waals surface area contributed by atoms with Gasteiger partial charge in [0, 0.05) is 34.7 Å². The molecule has 5 heteroatoms. The van der Waals surface area contributed by atoms with Gasteiger partial charge in [0.05, 0.1) is 0 Å². The lowest BCUT2D eigenvalue weighted by Gasteiger charge is -2.32. The molecule has 2 aliphatic rings. The normalized spacial score (nSPS) is 18.0. The van der Waals surface area contributed by atoms with Gasteiger partial charge in [0.2, 0.25) is 0 Å². The van der Waals surface area contributed by atoms with Crippen LogP contribution < -0.4 is 0 Å². The average Bonchev–Trinajstić information content (AvgIpc) is 3.48. The fraction of sp³-hybridized carbons (Fsp3) is 0.391. The molecule has 1 amide bonds. The minimum atomic E-state index is 0.102. The van der Waals surface area contributed by atoms with E-state index in [9.17, 15) is 4.79 Å². The predicted molar refractivity (Wildman–Crippen MR) is 112 cm³/mol. The van der Waals surface area contributed by atoms with Crippen LogP contribution in [0.25, 0.3) is 11.1 Å². The Morgan fingerprint density at radius 2 is 1.89 bits per heavy atom. The van der Waals surface area contributed by atoms with E-state index in [4.69, 9.17) is 4.42 Å². The van der Waals surface area contributed by atoms with Gasteiger partial charge in [0.15, 0.2) is 11.5 Å². The summed E-state index contributed by atoms with van der Waals surface area (Å²) in [6, 6.07) is 14.2. The van der Waals surface area contributed by atoms with E-state index in [2.05, 4.69) is 36.2 Å². The number of amides is 1. The van der Waals surface area contributed by atoms with E-state index >= 15 is 0 Å². The van der Waals surface area contributed by atoms with Crippen molar-refractivity contribution in [1.82, 2.24) is 9.88 Å². The van der Waals surface area contributed by atoms with Crippen LogP contribution in [0.1, 0.15) is 53.4 Å². The molecule has 0 atom stereocenters. The van der Waals surface area contributed by atoms with Gasteiger partial charge in [-0.3, -0.25) is 4.79 Å². The van der Waals surface area contributed by atoms with E-state index in [1.807, 2.05) is 34.9 Å². The van der Waals surface area contributed by atoms with Crippen LogP contribution in [0, 0.1) is 6.92 Å². The van der Waals surface area contributed by atoms with Gasteiger partial charge in [-0.25, -0.2) is 4.98 Å². The number of likely N-dealkylation sites (tertiary alicyclic amines) is 1. The van der Waals surface area contributed by atoms with Crippen molar-refractivity contribution in [3.63, 3.8) is 0 Å². The van der Waals surface area contributed by atoms with Crippen molar-refractivity contribution in [2.45, 2.75) is 48.7 Å². The zero-order chi connectivity index (χ0) is 19.1. The quantitative estimate of drug-likeness (QED) is 0.595. The van der Waals surface area contributed by atoms with Crippen molar-refractivity contribution >= 4 is 28.8 Å². The monoisotopic (exact) mass is 392 g/mol. The Morgan fingerprint density at radius 3 is 2.64 bits per heavy atom. The SMILES string of the molecule is Cc1ccccc1SC1CCN(C(=O)c2ccc3nc(C4CC4)oc3c2)CC1. The minimum Gasteiger partial charge on any atom is -0.440 e. The summed E-state index contributed by atoms with van der Waals surface area (Å²) in [6.07, 6.45) is 4.38. The second-order valence-electron chi connectivity index (χ2n) is 7.88. The van der Waals surface area contributed by atoms with E-state index in [0.29, 0.717) is 16.7 Å². The van der Waals surface area contributed by atoms with Crippen molar-refractivity contribution in [3.05, 3.63) is 59.5 Å². The number of aryl methyl sites for hydroxylation is 1. The Hall–Kier alpha value is -2.27. The highest BCUT2D eigenvalue weighted by atomic mass is 32.2. The molecule has 0 radical (unpaired) electrons. The predicted octanol–water partition coefficient (Wildman–Crippen LogP) is 5.41. The summed E-state index contributed by atoms with van der Waals surface area (Å²) in [4.78, 5) is 20.9. The summed E-state index contributed by atoms with van der Waals surface area (Å²) >= 11 is 1.95. The van der Waals surface area contributed by atoms with E-state index in [-0.39, 0.29) is 5.91 Å². The molecule has 1 aliphatic heterocycles. The molecular weight excluding hydrogens is 368 g/mol. The minimum absolute atomic E-state index is 0.102. The standard InChI is InChI=1S/C23H24N2O2S/c1-15-4-2-3-5-21(15)28-18-10-12-25(13-11-18)23(26)17-8-9-19-20(14-17)27-22(24-19)16-6-7-16/h2-5,8-9,14,16,18H,6-7,10-13H2,1H3. The van der Waals surface area contributed by atoms with Crippen molar-refractivity contribution < 1.29 is 9.21 Å². The Labute approximate surface area is 169 Å². The lowest BCUT2D eigenvalue weighted by molar-refractivity contribution is 0.0727. The lowest BCUT2D eigenvalue weighted by atomic mass is 10.1. The van der Waals surface area contributed by atoms with E-state index < -0.39 is 0 Å². The summed E-state index contributed by atoms with van der Waals surface area (Å²) < 4.78 is 5.88. The summed E-state index contributed by atoms with van der Waals surface area (Å²) in [5, 5.41) is 0.572. The average molecular weight is 393 g/mol. The fourth-order valence-corrected chi connectivity index (χ4v) is 5.02. The molecule has 4 nitrogen and oxygen atoms in total. The number of oxazole rings is 1. The molecule has 144 valence electrons. The highest BCUT2D eigenvalue weighted by Crippen LogP contribution is 2.40. The summed E-state index contributed by atoms with van der Waals surface area (Å²) in [7, 11) is 0. The highest BCUT2D eigenvalue weighted by molar-refractivity contribution is 8.00. The first kappa shape index (κ1) is 17.8. The van der Waals surface area contributed by atoms with E-state index in [0.717, 1.165) is 55.8 Å². The zero-order valence-electron chi connectivity index (χ0n) is 16.1. The number of aromatic nitrogens is 1. The summed E-state index contributed by atoms with van der Waals surface area (Å²) in [5.41, 5.74) is 3.62. The first-order valence-corrected chi connectivity index (χ1v) is 11.0.